The second-order valence-electron chi connectivity index (χ2n) is 7.51. The highest BCUT2D eigenvalue weighted by molar-refractivity contribution is 5.74. The summed E-state index contributed by atoms with van der Waals surface area (Å²) < 4.78 is 9.79. The van der Waals surface area contributed by atoms with Gasteiger partial charge in [0.25, 0.3) is 0 Å². The minimum absolute atomic E-state index is 0.0482. The molecule has 0 spiro atoms. The van der Waals surface area contributed by atoms with E-state index in [2.05, 4.69) is 21.5 Å². The molecule has 2 N–H and O–H groups in total. The Bertz CT molecular complexity index is 568. The standard InChI is InChI=1S/C18H28N2O8/c1-17(2,3)25-15(23)19-27-13(21)11-9-7-8-10-12-14(22)28-20-16(24)26-18(4,5)6/h9-12H2,1-6H3,(H,19,23)(H,20,24). The van der Waals surface area contributed by atoms with Crippen LogP contribution in [-0.2, 0) is 28.7 Å². The fraction of sp³-hybridized carbons (Fsp3) is 0.667. The van der Waals surface area contributed by atoms with Crippen LogP contribution in [0, 0.1) is 11.8 Å². The lowest BCUT2D eigenvalue weighted by Crippen LogP contribution is -2.34. The number of rotatable bonds is 4. The lowest BCUT2D eigenvalue weighted by Gasteiger charge is -2.19. The van der Waals surface area contributed by atoms with Gasteiger partial charge in [0, 0.05) is 12.8 Å². The maximum absolute atomic E-state index is 11.4. The van der Waals surface area contributed by atoms with Crippen LogP contribution >= 0.6 is 0 Å². The van der Waals surface area contributed by atoms with Gasteiger partial charge in [0.05, 0.1) is 12.8 Å². The van der Waals surface area contributed by atoms with Crippen LogP contribution in [0.1, 0.15) is 67.2 Å². The summed E-state index contributed by atoms with van der Waals surface area (Å²) in [5.74, 6) is 4.00. The van der Waals surface area contributed by atoms with Crippen LogP contribution in [0.3, 0.4) is 0 Å². The zero-order chi connectivity index (χ0) is 21.8. The molecule has 0 bridgehead atoms. The molecular formula is C18H28N2O8. The van der Waals surface area contributed by atoms with E-state index in [0.717, 1.165) is 0 Å². The van der Waals surface area contributed by atoms with Gasteiger partial charge < -0.3 is 19.1 Å². The van der Waals surface area contributed by atoms with Gasteiger partial charge in [-0.1, -0.05) is 0 Å². The van der Waals surface area contributed by atoms with E-state index in [4.69, 9.17) is 9.47 Å². The first kappa shape index (κ1) is 25.0. The van der Waals surface area contributed by atoms with Crippen molar-refractivity contribution in [2.45, 2.75) is 78.4 Å². The monoisotopic (exact) mass is 400 g/mol. The molecule has 0 fully saturated rings. The van der Waals surface area contributed by atoms with Crippen molar-refractivity contribution in [3.63, 3.8) is 0 Å². The summed E-state index contributed by atoms with van der Waals surface area (Å²) in [6, 6.07) is 0. The third kappa shape index (κ3) is 16.5. The molecular weight excluding hydrogens is 372 g/mol. The van der Waals surface area contributed by atoms with E-state index < -0.39 is 35.3 Å². The number of carbonyl (C=O) groups excluding carboxylic acids is 4. The van der Waals surface area contributed by atoms with Crippen LogP contribution in [0.15, 0.2) is 0 Å². The molecule has 0 aromatic carbocycles. The van der Waals surface area contributed by atoms with Crippen LogP contribution in [-0.4, -0.2) is 35.3 Å². The van der Waals surface area contributed by atoms with Crippen molar-refractivity contribution >= 4 is 24.1 Å². The predicted octanol–water partition coefficient (Wildman–Crippen LogP) is 2.52. The van der Waals surface area contributed by atoms with Gasteiger partial charge in [-0.05, 0) is 41.5 Å². The Morgan fingerprint density at radius 3 is 1.29 bits per heavy atom. The van der Waals surface area contributed by atoms with Gasteiger partial charge in [-0.15, -0.1) is 22.8 Å². The van der Waals surface area contributed by atoms with Crippen LogP contribution in [0.2, 0.25) is 0 Å². The molecule has 0 heterocycles. The number of ether oxygens (including phenoxy) is 2. The zero-order valence-corrected chi connectivity index (χ0v) is 17.1. The third-order valence-corrected chi connectivity index (χ3v) is 2.33. The molecule has 0 saturated heterocycles. The Balaban J connectivity index is 3.86. The summed E-state index contributed by atoms with van der Waals surface area (Å²) in [4.78, 5) is 54.5. The minimum Gasteiger partial charge on any atom is -0.442 e. The first-order valence-corrected chi connectivity index (χ1v) is 8.61. The van der Waals surface area contributed by atoms with E-state index in [9.17, 15) is 19.2 Å². The highest BCUT2D eigenvalue weighted by atomic mass is 16.7. The smallest absolute Gasteiger partial charge is 0.441 e. The van der Waals surface area contributed by atoms with Crippen molar-refractivity contribution in [3.05, 3.63) is 0 Å². The maximum Gasteiger partial charge on any atom is 0.441 e. The van der Waals surface area contributed by atoms with Crippen molar-refractivity contribution in [2.24, 2.45) is 0 Å². The largest absolute Gasteiger partial charge is 0.442 e. The SMILES string of the molecule is CC(C)(C)OC(=O)NOC(=O)CCC#CCCC(=O)ONC(=O)OC(C)(C)C. The Kier molecular flexibility index (Phi) is 10.5. The van der Waals surface area contributed by atoms with Crippen LogP contribution in [0.4, 0.5) is 9.59 Å². The fourth-order valence-electron chi connectivity index (χ4n) is 1.40. The molecule has 0 rings (SSSR count). The van der Waals surface area contributed by atoms with Gasteiger partial charge in [-0.3, -0.25) is 0 Å². The molecule has 28 heavy (non-hydrogen) atoms. The van der Waals surface area contributed by atoms with Crippen molar-refractivity contribution in [2.75, 3.05) is 0 Å². The van der Waals surface area contributed by atoms with E-state index in [-0.39, 0.29) is 25.7 Å². The Labute approximate surface area is 164 Å². The van der Waals surface area contributed by atoms with Gasteiger partial charge in [0.2, 0.25) is 0 Å². The first-order chi connectivity index (χ1) is 12.8. The zero-order valence-electron chi connectivity index (χ0n) is 17.1. The summed E-state index contributed by atoms with van der Waals surface area (Å²) in [7, 11) is 0. The fourth-order valence-corrected chi connectivity index (χ4v) is 1.40. The van der Waals surface area contributed by atoms with E-state index in [1.54, 1.807) is 41.5 Å². The molecule has 0 unspecified atom stereocenters. The highest BCUT2D eigenvalue weighted by Crippen LogP contribution is 2.07. The Morgan fingerprint density at radius 2 is 1.00 bits per heavy atom. The molecule has 0 aliphatic rings. The number of carbonyl (C=O) groups is 4. The van der Waals surface area contributed by atoms with Crippen molar-refractivity contribution < 1.29 is 38.3 Å². The number of hydrogen-bond donors (Lipinski definition) is 2. The molecule has 0 radical (unpaired) electrons. The summed E-state index contributed by atoms with van der Waals surface area (Å²) >= 11 is 0. The topological polar surface area (TPSA) is 129 Å². The molecule has 2 amide bonds. The number of hydroxylamine groups is 2. The summed E-state index contributed by atoms with van der Waals surface area (Å²) in [6.07, 6.45) is -1.48. The second-order valence-corrected chi connectivity index (χ2v) is 7.51. The molecule has 0 aromatic rings. The van der Waals surface area contributed by atoms with Gasteiger partial charge in [0.15, 0.2) is 0 Å². The van der Waals surface area contributed by atoms with E-state index >= 15 is 0 Å². The quantitative estimate of drug-likeness (QED) is 0.418. The lowest BCUT2D eigenvalue weighted by molar-refractivity contribution is -0.151. The molecule has 10 nitrogen and oxygen atoms in total. The normalized spacial score (nSPS) is 10.6. The minimum atomic E-state index is -0.870. The summed E-state index contributed by atoms with van der Waals surface area (Å²) in [5.41, 5.74) is 2.35. The summed E-state index contributed by atoms with van der Waals surface area (Å²) in [5, 5.41) is 0. The van der Waals surface area contributed by atoms with E-state index in [1.165, 1.54) is 0 Å². The third-order valence-electron chi connectivity index (χ3n) is 2.33. The summed E-state index contributed by atoms with van der Waals surface area (Å²) in [6.45, 7) is 10.0. The highest BCUT2D eigenvalue weighted by Gasteiger charge is 2.18. The van der Waals surface area contributed by atoms with E-state index in [1.807, 2.05) is 11.0 Å². The second kappa shape index (κ2) is 11.7. The number of nitrogens with one attached hydrogen (secondary N) is 2. The average Bonchev–Trinajstić information content (AvgIpc) is 2.51. The van der Waals surface area contributed by atoms with Gasteiger partial charge in [0.1, 0.15) is 11.2 Å². The molecule has 0 aromatic heterocycles. The van der Waals surface area contributed by atoms with Crippen molar-refractivity contribution in [1.82, 2.24) is 11.0 Å². The van der Waals surface area contributed by atoms with Gasteiger partial charge in [-0.2, -0.15) is 0 Å². The average molecular weight is 400 g/mol. The van der Waals surface area contributed by atoms with Gasteiger partial charge >= 0.3 is 24.1 Å². The van der Waals surface area contributed by atoms with Crippen molar-refractivity contribution in [1.29, 1.82) is 0 Å². The Morgan fingerprint density at radius 1 is 0.679 bits per heavy atom. The van der Waals surface area contributed by atoms with Crippen molar-refractivity contribution in [3.8, 4) is 11.8 Å². The van der Waals surface area contributed by atoms with Crippen LogP contribution in [0.25, 0.3) is 0 Å². The molecule has 0 aliphatic carbocycles. The van der Waals surface area contributed by atoms with E-state index in [0.29, 0.717) is 0 Å². The number of amides is 2. The van der Waals surface area contributed by atoms with Crippen LogP contribution < -0.4 is 11.0 Å². The first-order valence-electron chi connectivity index (χ1n) is 8.61. The maximum atomic E-state index is 11.4. The molecule has 0 aliphatic heterocycles. The Hall–Kier alpha value is -2.96. The van der Waals surface area contributed by atoms with Crippen LogP contribution in [0.5, 0.6) is 0 Å². The predicted molar refractivity (Wildman–Crippen MR) is 97.2 cm³/mol. The molecule has 0 atom stereocenters. The molecule has 10 heteroatoms. The lowest BCUT2D eigenvalue weighted by atomic mass is 10.2. The molecule has 0 saturated carbocycles. The van der Waals surface area contributed by atoms with Gasteiger partial charge in [-0.25, -0.2) is 19.2 Å². The molecule has 158 valence electrons. The number of hydrogen-bond acceptors (Lipinski definition) is 8.